The highest BCUT2D eigenvalue weighted by atomic mass is 32.1. The Balaban J connectivity index is 2.82. The number of nitrogens with one attached hydrogen (secondary N) is 1. The van der Waals surface area contributed by atoms with Gasteiger partial charge in [-0.05, 0) is 32.1 Å². The van der Waals surface area contributed by atoms with Gasteiger partial charge < -0.3 is 10.2 Å². The second-order valence-corrected chi connectivity index (χ2v) is 4.03. The lowest BCUT2D eigenvalue weighted by molar-refractivity contribution is 0.384. The maximum atomic E-state index is 13.6. The number of benzene rings is 1. The second kappa shape index (κ2) is 5.80. The van der Waals surface area contributed by atoms with Crippen LogP contribution in [-0.4, -0.2) is 23.6 Å². The zero-order valence-electron chi connectivity index (χ0n) is 9.83. The molecule has 0 saturated heterocycles. The van der Waals surface area contributed by atoms with Crippen LogP contribution < -0.4 is 5.32 Å². The van der Waals surface area contributed by atoms with Crippen molar-refractivity contribution in [2.45, 2.75) is 19.9 Å². The van der Waals surface area contributed by atoms with E-state index in [2.05, 4.69) is 5.32 Å². The molecule has 0 aliphatic carbocycles. The van der Waals surface area contributed by atoms with Gasteiger partial charge in [-0.15, -0.1) is 0 Å². The van der Waals surface area contributed by atoms with Gasteiger partial charge in [-0.3, -0.25) is 0 Å². The van der Waals surface area contributed by atoms with E-state index in [-0.39, 0.29) is 11.9 Å². The monoisotopic (exact) mass is 240 g/mol. The standard InChI is InChI=1S/C12H17FN2S/c1-4-14-12(16)15(3)9(2)10-7-5-6-8-11(10)13/h5-9H,4H2,1-3H3,(H,14,16). The highest BCUT2D eigenvalue weighted by molar-refractivity contribution is 7.80. The first kappa shape index (κ1) is 12.9. The Hall–Kier alpha value is -1.16. The van der Waals surface area contributed by atoms with E-state index in [1.165, 1.54) is 6.07 Å². The third kappa shape index (κ3) is 2.92. The zero-order valence-corrected chi connectivity index (χ0v) is 10.6. The summed E-state index contributed by atoms with van der Waals surface area (Å²) in [5, 5.41) is 3.69. The Morgan fingerprint density at radius 2 is 2.12 bits per heavy atom. The molecule has 2 nitrogen and oxygen atoms in total. The molecule has 0 radical (unpaired) electrons. The van der Waals surface area contributed by atoms with Gasteiger partial charge >= 0.3 is 0 Å². The molecule has 0 heterocycles. The second-order valence-electron chi connectivity index (χ2n) is 3.64. The molecule has 0 bridgehead atoms. The van der Waals surface area contributed by atoms with E-state index in [0.29, 0.717) is 10.7 Å². The fourth-order valence-corrected chi connectivity index (χ4v) is 1.78. The molecule has 88 valence electrons. The largest absolute Gasteiger partial charge is 0.363 e. The van der Waals surface area contributed by atoms with E-state index in [0.717, 1.165) is 6.54 Å². The van der Waals surface area contributed by atoms with E-state index in [9.17, 15) is 4.39 Å². The molecule has 0 fully saturated rings. The average Bonchev–Trinajstić information content (AvgIpc) is 2.28. The fourth-order valence-electron chi connectivity index (χ4n) is 1.47. The van der Waals surface area contributed by atoms with Crippen LogP contribution in [0.2, 0.25) is 0 Å². The highest BCUT2D eigenvalue weighted by Crippen LogP contribution is 2.21. The Bertz CT molecular complexity index is 368. The van der Waals surface area contributed by atoms with E-state index < -0.39 is 0 Å². The van der Waals surface area contributed by atoms with Crippen LogP contribution in [0.1, 0.15) is 25.5 Å². The number of rotatable bonds is 3. The lowest BCUT2D eigenvalue weighted by Gasteiger charge is -2.28. The van der Waals surface area contributed by atoms with Gasteiger partial charge in [-0.2, -0.15) is 0 Å². The molecule has 1 aromatic rings. The summed E-state index contributed by atoms with van der Waals surface area (Å²) in [5.74, 6) is -0.193. The van der Waals surface area contributed by atoms with E-state index in [1.54, 1.807) is 12.1 Å². The molecule has 1 aromatic carbocycles. The van der Waals surface area contributed by atoms with Gasteiger partial charge in [-0.25, -0.2) is 4.39 Å². The van der Waals surface area contributed by atoms with Crippen molar-refractivity contribution in [3.05, 3.63) is 35.6 Å². The van der Waals surface area contributed by atoms with E-state index >= 15 is 0 Å². The lowest BCUT2D eigenvalue weighted by Crippen LogP contribution is -2.38. The number of halogens is 1. The minimum Gasteiger partial charge on any atom is -0.363 e. The first-order valence-corrected chi connectivity index (χ1v) is 5.73. The minimum atomic E-state index is -0.193. The molecular weight excluding hydrogens is 223 g/mol. The molecule has 0 amide bonds. The summed E-state index contributed by atoms with van der Waals surface area (Å²) in [5.41, 5.74) is 0.658. The Labute approximate surface area is 101 Å². The predicted octanol–water partition coefficient (Wildman–Crippen LogP) is 2.71. The number of hydrogen-bond donors (Lipinski definition) is 1. The Morgan fingerprint density at radius 3 is 2.69 bits per heavy atom. The van der Waals surface area contributed by atoms with Gasteiger partial charge in [0.2, 0.25) is 0 Å². The van der Waals surface area contributed by atoms with Crippen LogP contribution in [0.5, 0.6) is 0 Å². The topological polar surface area (TPSA) is 15.3 Å². The average molecular weight is 240 g/mol. The molecule has 4 heteroatoms. The number of nitrogens with zero attached hydrogens (tertiary/aromatic N) is 1. The van der Waals surface area contributed by atoms with Crippen molar-refractivity contribution in [1.29, 1.82) is 0 Å². The molecule has 0 aliphatic heterocycles. The molecular formula is C12H17FN2S. The summed E-state index contributed by atoms with van der Waals surface area (Å²) in [6.45, 7) is 4.68. The maximum absolute atomic E-state index is 13.6. The maximum Gasteiger partial charge on any atom is 0.169 e. The zero-order chi connectivity index (χ0) is 12.1. The van der Waals surface area contributed by atoms with Crippen molar-refractivity contribution < 1.29 is 4.39 Å². The molecule has 0 aromatic heterocycles. The van der Waals surface area contributed by atoms with Gasteiger partial charge in [-0.1, -0.05) is 18.2 Å². The molecule has 0 spiro atoms. The first-order valence-electron chi connectivity index (χ1n) is 5.33. The van der Waals surface area contributed by atoms with Crippen LogP contribution in [0.25, 0.3) is 0 Å². The van der Waals surface area contributed by atoms with Crippen LogP contribution in [0, 0.1) is 5.82 Å². The van der Waals surface area contributed by atoms with E-state index in [1.807, 2.05) is 31.9 Å². The normalized spacial score (nSPS) is 12.0. The molecule has 1 unspecified atom stereocenters. The van der Waals surface area contributed by atoms with Crippen LogP contribution in [0.3, 0.4) is 0 Å². The molecule has 16 heavy (non-hydrogen) atoms. The SMILES string of the molecule is CCNC(=S)N(C)C(C)c1ccccc1F. The summed E-state index contributed by atoms with van der Waals surface area (Å²) in [4.78, 5) is 1.86. The quantitative estimate of drug-likeness (QED) is 0.818. The Kier molecular flexibility index (Phi) is 4.68. The fraction of sp³-hybridized carbons (Fsp3) is 0.417. The summed E-state index contributed by atoms with van der Waals surface area (Å²) in [6, 6.07) is 6.70. The predicted molar refractivity (Wildman–Crippen MR) is 68.9 cm³/mol. The smallest absolute Gasteiger partial charge is 0.169 e. The third-order valence-electron chi connectivity index (χ3n) is 2.58. The van der Waals surface area contributed by atoms with Crippen LogP contribution in [-0.2, 0) is 0 Å². The summed E-state index contributed by atoms with van der Waals surface area (Å²) in [7, 11) is 1.86. The Morgan fingerprint density at radius 1 is 1.50 bits per heavy atom. The summed E-state index contributed by atoms with van der Waals surface area (Å²) >= 11 is 5.19. The highest BCUT2D eigenvalue weighted by Gasteiger charge is 2.16. The van der Waals surface area contributed by atoms with Gasteiger partial charge in [0.25, 0.3) is 0 Å². The van der Waals surface area contributed by atoms with Crippen molar-refractivity contribution in [3.63, 3.8) is 0 Å². The lowest BCUT2D eigenvalue weighted by atomic mass is 10.1. The van der Waals surface area contributed by atoms with Crippen molar-refractivity contribution in [2.24, 2.45) is 0 Å². The van der Waals surface area contributed by atoms with Crippen LogP contribution in [0.15, 0.2) is 24.3 Å². The van der Waals surface area contributed by atoms with Crippen molar-refractivity contribution >= 4 is 17.3 Å². The molecule has 1 rings (SSSR count). The summed E-state index contributed by atoms with van der Waals surface area (Å²) < 4.78 is 13.6. The van der Waals surface area contributed by atoms with Crippen molar-refractivity contribution in [1.82, 2.24) is 10.2 Å². The van der Waals surface area contributed by atoms with Gasteiger partial charge in [0.1, 0.15) is 5.82 Å². The van der Waals surface area contributed by atoms with Crippen molar-refractivity contribution in [3.8, 4) is 0 Å². The van der Waals surface area contributed by atoms with E-state index in [4.69, 9.17) is 12.2 Å². The van der Waals surface area contributed by atoms with Gasteiger partial charge in [0, 0.05) is 19.2 Å². The number of hydrogen-bond acceptors (Lipinski definition) is 1. The first-order chi connectivity index (χ1) is 7.57. The number of thiocarbonyl (C=S) groups is 1. The van der Waals surface area contributed by atoms with Crippen LogP contribution in [0.4, 0.5) is 4.39 Å². The van der Waals surface area contributed by atoms with Crippen LogP contribution >= 0.6 is 12.2 Å². The summed E-state index contributed by atoms with van der Waals surface area (Å²) in [6.07, 6.45) is 0. The molecule has 0 saturated carbocycles. The minimum absolute atomic E-state index is 0.0762. The molecule has 0 aliphatic rings. The van der Waals surface area contributed by atoms with Crippen molar-refractivity contribution in [2.75, 3.05) is 13.6 Å². The van der Waals surface area contributed by atoms with Gasteiger partial charge in [0.15, 0.2) is 5.11 Å². The third-order valence-corrected chi connectivity index (χ3v) is 3.02. The van der Waals surface area contributed by atoms with Gasteiger partial charge in [0.05, 0.1) is 6.04 Å². The molecule has 1 N–H and O–H groups in total. The molecule has 1 atom stereocenters.